The van der Waals surface area contributed by atoms with Crippen molar-refractivity contribution < 1.29 is 14.9 Å². The van der Waals surface area contributed by atoms with Crippen LogP contribution in [0.2, 0.25) is 0 Å². The van der Waals surface area contributed by atoms with E-state index in [0.717, 1.165) is 38.9 Å². The summed E-state index contributed by atoms with van der Waals surface area (Å²) in [5, 5.41) is 19.5. The molecule has 1 saturated carbocycles. The lowest BCUT2D eigenvalue weighted by Crippen LogP contribution is -2.48. The van der Waals surface area contributed by atoms with E-state index in [9.17, 15) is 10.2 Å². The largest absolute Gasteiger partial charge is 0.394 e. The topological polar surface area (TPSA) is 52.9 Å². The fourth-order valence-electron chi connectivity index (χ4n) is 3.62. The van der Waals surface area contributed by atoms with Crippen molar-refractivity contribution in [1.29, 1.82) is 0 Å². The first-order valence-electron chi connectivity index (χ1n) is 8.03. The third-order valence-corrected chi connectivity index (χ3v) is 5.09. The van der Waals surface area contributed by atoms with Crippen molar-refractivity contribution >= 4 is 0 Å². The minimum absolute atomic E-state index is 0.0529. The number of rotatable bonds is 3. The Labute approximate surface area is 123 Å². The molecule has 0 spiro atoms. The smallest absolute Gasteiger partial charge is 0.0932 e. The van der Waals surface area contributed by atoms with Crippen LogP contribution in [0.25, 0.3) is 0 Å². The molecule has 0 aromatic carbocycles. The summed E-state index contributed by atoms with van der Waals surface area (Å²) in [6, 6.07) is 0. The number of nitrogens with zero attached hydrogens (tertiary/aromatic N) is 1. The van der Waals surface area contributed by atoms with Gasteiger partial charge in [0.2, 0.25) is 0 Å². The quantitative estimate of drug-likeness (QED) is 0.825. The molecule has 1 saturated heterocycles. The summed E-state index contributed by atoms with van der Waals surface area (Å²) in [5.41, 5.74) is 0.330. The predicted octanol–water partition coefficient (Wildman–Crippen LogP) is 1.50. The maximum absolute atomic E-state index is 10.3. The van der Waals surface area contributed by atoms with Crippen molar-refractivity contribution in [2.24, 2.45) is 17.3 Å². The van der Waals surface area contributed by atoms with Crippen LogP contribution >= 0.6 is 0 Å². The van der Waals surface area contributed by atoms with Gasteiger partial charge < -0.3 is 14.9 Å². The highest BCUT2D eigenvalue weighted by Gasteiger charge is 2.36. The molecule has 2 aliphatic rings. The monoisotopic (exact) mass is 285 g/mol. The number of aliphatic hydroxyl groups is 2. The Balaban J connectivity index is 1.89. The van der Waals surface area contributed by atoms with Crippen molar-refractivity contribution in [1.82, 2.24) is 4.90 Å². The molecule has 1 aliphatic carbocycles. The lowest BCUT2D eigenvalue weighted by Gasteiger charge is -2.42. The van der Waals surface area contributed by atoms with Crippen LogP contribution in [0.5, 0.6) is 0 Å². The Morgan fingerprint density at radius 1 is 1.25 bits per heavy atom. The summed E-state index contributed by atoms with van der Waals surface area (Å²) in [6.07, 6.45) is 2.97. The van der Waals surface area contributed by atoms with Gasteiger partial charge in [-0.25, -0.2) is 0 Å². The fraction of sp³-hybridized carbons (Fsp3) is 1.00. The second-order valence-electron chi connectivity index (χ2n) is 7.64. The first-order valence-corrected chi connectivity index (χ1v) is 8.03. The molecular formula is C16H31NO3. The zero-order valence-electron chi connectivity index (χ0n) is 13.2. The molecule has 4 atom stereocenters. The molecule has 2 N–H and O–H groups in total. The van der Waals surface area contributed by atoms with Gasteiger partial charge >= 0.3 is 0 Å². The van der Waals surface area contributed by atoms with Crippen LogP contribution in [0, 0.1) is 17.3 Å². The summed E-state index contributed by atoms with van der Waals surface area (Å²) >= 11 is 0. The van der Waals surface area contributed by atoms with Crippen LogP contribution in [-0.2, 0) is 4.74 Å². The predicted molar refractivity (Wildman–Crippen MR) is 79.6 cm³/mol. The lowest BCUT2D eigenvalue weighted by molar-refractivity contribution is -0.0689. The minimum Gasteiger partial charge on any atom is -0.394 e. The van der Waals surface area contributed by atoms with Gasteiger partial charge in [-0.1, -0.05) is 20.8 Å². The van der Waals surface area contributed by atoms with Crippen LogP contribution < -0.4 is 0 Å². The third-order valence-electron chi connectivity index (χ3n) is 5.09. The summed E-state index contributed by atoms with van der Waals surface area (Å²) in [4.78, 5) is 2.35. The SMILES string of the molecule is CC(C)(C)C1CCC(O)C(CN2CCOC(CO)C2)C1. The Kier molecular flexibility index (Phi) is 5.46. The van der Waals surface area contributed by atoms with E-state index in [1.165, 1.54) is 0 Å². The molecule has 4 unspecified atom stereocenters. The summed E-state index contributed by atoms with van der Waals surface area (Å²) in [5.74, 6) is 1.07. The highest BCUT2D eigenvalue weighted by Crippen LogP contribution is 2.40. The Bertz CT molecular complexity index is 303. The molecular weight excluding hydrogens is 254 g/mol. The summed E-state index contributed by atoms with van der Waals surface area (Å²) in [6.45, 7) is 10.4. The Morgan fingerprint density at radius 2 is 2.00 bits per heavy atom. The van der Waals surface area contributed by atoms with E-state index in [-0.39, 0.29) is 18.8 Å². The number of hydrogen-bond acceptors (Lipinski definition) is 4. The standard InChI is InChI=1S/C16H31NO3/c1-16(2,3)13-4-5-15(19)12(8-13)9-17-6-7-20-14(10-17)11-18/h12-15,18-19H,4-11H2,1-3H3. The summed E-state index contributed by atoms with van der Waals surface area (Å²) in [7, 11) is 0. The van der Waals surface area contributed by atoms with Crippen molar-refractivity contribution in [3.8, 4) is 0 Å². The van der Waals surface area contributed by atoms with E-state index in [4.69, 9.17) is 4.74 Å². The maximum Gasteiger partial charge on any atom is 0.0932 e. The van der Waals surface area contributed by atoms with Gasteiger partial charge in [-0.3, -0.25) is 4.90 Å². The second-order valence-corrected chi connectivity index (χ2v) is 7.64. The fourth-order valence-corrected chi connectivity index (χ4v) is 3.62. The van der Waals surface area contributed by atoms with E-state index in [1.807, 2.05) is 0 Å². The number of hydrogen-bond donors (Lipinski definition) is 2. The van der Waals surface area contributed by atoms with Gasteiger partial charge in [0, 0.05) is 19.6 Å². The zero-order chi connectivity index (χ0) is 14.8. The Hall–Kier alpha value is -0.160. The van der Waals surface area contributed by atoms with Gasteiger partial charge in [-0.05, 0) is 36.5 Å². The first kappa shape index (κ1) is 16.2. The van der Waals surface area contributed by atoms with E-state index in [1.54, 1.807) is 0 Å². The number of morpholine rings is 1. The minimum atomic E-state index is -0.163. The van der Waals surface area contributed by atoms with Crippen LogP contribution in [0.3, 0.4) is 0 Å². The van der Waals surface area contributed by atoms with Gasteiger partial charge in [-0.15, -0.1) is 0 Å². The van der Waals surface area contributed by atoms with Crippen molar-refractivity contribution in [3.63, 3.8) is 0 Å². The van der Waals surface area contributed by atoms with E-state index < -0.39 is 0 Å². The van der Waals surface area contributed by atoms with E-state index in [2.05, 4.69) is 25.7 Å². The molecule has 0 aromatic rings. The van der Waals surface area contributed by atoms with Gasteiger partial charge in [0.15, 0.2) is 0 Å². The maximum atomic E-state index is 10.3. The highest BCUT2D eigenvalue weighted by molar-refractivity contribution is 4.87. The Morgan fingerprint density at radius 3 is 2.65 bits per heavy atom. The van der Waals surface area contributed by atoms with Gasteiger partial charge in [0.25, 0.3) is 0 Å². The summed E-state index contributed by atoms with van der Waals surface area (Å²) < 4.78 is 5.49. The highest BCUT2D eigenvalue weighted by atomic mass is 16.5. The molecule has 2 rings (SSSR count). The normalized spacial score (nSPS) is 37.0. The van der Waals surface area contributed by atoms with E-state index in [0.29, 0.717) is 23.9 Å². The second kappa shape index (κ2) is 6.73. The third kappa shape index (κ3) is 4.17. The molecule has 1 aliphatic heterocycles. The molecule has 20 heavy (non-hydrogen) atoms. The van der Waals surface area contributed by atoms with Crippen LogP contribution in [-0.4, -0.2) is 60.2 Å². The van der Waals surface area contributed by atoms with Gasteiger partial charge in [0.05, 0.1) is 25.4 Å². The molecule has 4 nitrogen and oxygen atoms in total. The van der Waals surface area contributed by atoms with Crippen molar-refractivity contribution in [2.75, 3.05) is 32.8 Å². The number of ether oxygens (including phenoxy) is 1. The first-order chi connectivity index (χ1) is 9.40. The van der Waals surface area contributed by atoms with Gasteiger partial charge in [-0.2, -0.15) is 0 Å². The molecule has 0 radical (unpaired) electrons. The molecule has 118 valence electrons. The van der Waals surface area contributed by atoms with Crippen molar-refractivity contribution in [3.05, 3.63) is 0 Å². The van der Waals surface area contributed by atoms with Crippen LogP contribution in [0.1, 0.15) is 40.0 Å². The zero-order valence-corrected chi connectivity index (χ0v) is 13.2. The molecule has 0 aromatic heterocycles. The van der Waals surface area contributed by atoms with E-state index >= 15 is 0 Å². The van der Waals surface area contributed by atoms with Gasteiger partial charge in [0.1, 0.15) is 0 Å². The number of aliphatic hydroxyl groups excluding tert-OH is 2. The average molecular weight is 285 g/mol. The van der Waals surface area contributed by atoms with Crippen LogP contribution in [0.4, 0.5) is 0 Å². The van der Waals surface area contributed by atoms with Crippen LogP contribution in [0.15, 0.2) is 0 Å². The van der Waals surface area contributed by atoms with Crippen molar-refractivity contribution in [2.45, 2.75) is 52.2 Å². The molecule has 2 fully saturated rings. The average Bonchev–Trinajstić information content (AvgIpc) is 2.40. The molecule has 4 heteroatoms. The molecule has 0 bridgehead atoms. The molecule has 1 heterocycles. The lowest BCUT2D eigenvalue weighted by atomic mass is 9.68. The molecule has 0 amide bonds.